The molecule has 0 unspecified atom stereocenters. The number of carbonyl (C=O) groups is 1. The Balaban J connectivity index is 1.18. The summed E-state index contributed by atoms with van der Waals surface area (Å²) in [6.07, 6.45) is 1.57. The lowest BCUT2D eigenvalue weighted by molar-refractivity contribution is 0.171. The number of likely N-dealkylation sites (tertiary alicyclic amines) is 1. The van der Waals surface area contributed by atoms with E-state index in [1.54, 1.807) is 29.2 Å². The van der Waals surface area contributed by atoms with Crippen molar-refractivity contribution >= 4 is 11.7 Å². The first kappa shape index (κ1) is 19.3. The van der Waals surface area contributed by atoms with Gasteiger partial charge >= 0.3 is 6.03 Å². The summed E-state index contributed by atoms with van der Waals surface area (Å²) in [5, 5.41) is 10.2. The minimum atomic E-state index is -0.290. The standard InChI is InChI=1S/C22H22FN5O3/c23-16-3-1-14(2-4-16)20-25-21(27-26-20)15-7-9-28(10-8-15)22(29)24-17-5-6-18-19(13-17)31-12-11-30-18/h1-6,13,15H,7-12H2,(H,24,29)(H,25,26,27). The van der Waals surface area contributed by atoms with E-state index in [0.29, 0.717) is 49.3 Å². The molecule has 1 saturated heterocycles. The molecule has 160 valence electrons. The molecule has 1 aromatic heterocycles. The minimum Gasteiger partial charge on any atom is -0.486 e. The molecule has 8 nitrogen and oxygen atoms in total. The molecule has 0 aliphatic carbocycles. The van der Waals surface area contributed by atoms with Crippen molar-refractivity contribution in [2.24, 2.45) is 0 Å². The number of ether oxygens (including phenoxy) is 2. The highest BCUT2D eigenvalue weighted by molar-refractivity contribution is 5.89. The molecule has 2 aliphatic heterocycles. The number of hydrogen-bond donors (Lipinski definition) is 2. The first-order chi connectivity index (χ1) is 15.2. The zero-order valence-corrected chi connectivity index (χ0v) is 16.8. The number of aromatic nitrogens is 3. The maximum absolute atomic E-state index is 13.1. The van der Waals surface area contributed by atoms with Gasteiger partial charge in [0.15, 0.2) is 17.3 Å². The van der Waals surface area contributed by atoms with E-state index in [4.69, 9.17) is 9.47 Å². The van der Waals surface area contributed by atoms with Crippen LogP contribution in [0.4, 0.5) is 14.9 Å². The summed E-state index contributed by atoms with van der Waals surface area (Å²) >= 11 is 0. The topological polar surface area (TPSA) is 92.4 Å². The lowest BCUT2D eigenvalue weighted by atomic mass is 9.96. The molecule has 2 amide bonds. The van der Waals surface area contributed by atoms with Gasteiger partial charge in [-0.3, -0.25) is 5.10 Å². The molecule has 0 atom stereocenters. The maximum atomic E-state index is 13.1. The fourth-order valence-corrected chi connectivity index (χ4v) is 3.86. The Morgan fingerprint density at radius 3 is 2.58 bits per heavy atom. The lowest BCUT2D eigenvalue weighted by Gasteiger charge is -2.31. The Kier molecular flexibility index (Phi) is 5.15. The summed E-state index contributed by atoms with van der Waals surface area (Å²) < 4.78 is 24.2. The highest BCUT2D eigenvalue weighted by atomic mass is 19.1. The van der Waals surface area contributed by atoms with Crippen molar-refractivity contribution in [2.45, 2.75) is 18.8 Å². The van der Waals surface area contributed by atoms with Gasteiger partial charge in [0.25, 0.3) is 0 Å². The van der Waals surface area contributed by atoms with Crippen LogP contribution in [0.3, 0.4) is 0 Å². The number of carbonyl (C=O) groups excluding carboxylic acids is 1. The molecule has 0 saturated carbocycles. The summed E-state index contributed by atoms with van der Waals surface area (Å²) in [5.74, 6) is 2.59. The number of piperidine rings is 1. The Hall–Kier alpha value is -3.62. The van der Waals surface area contributed by atoms with Crippen LogP contribution in [-0.4, -0.2) is 52.4 Å². The van der Waals surface area contributed by atoms with Crippen LogP contribution in [0, 0.1) is 5.82 Å². The van der Waals surface area contributed by atoms with Crippen molar-refractivity contribution in [3.05, 3.63) is 54.1 Å². The van der Waals surface area contributed by atoms with E-state index in [9.17, 15) is 9.18 Å². The molecule has 0 radical (unpaired) electrons. The van der Waals surface area contributed by atoms with E-state index >= 15 is 0 Å². The molecule has 0 bridgehead atoms. The van der Waals surface area contributed by atoms with E-state index < -0.39 is 0 Å². The molecule has 3 aromatic rings. The number of nitrogens with one attached hydrogen (secondary N) is 2. The number of rotatable bonds is 3. The van der Waals surface area contributed by atoms with Crippen molar-refractivity contribution in [2.75, 3.05) is 31.6 Å². The number of benzene rings is 2. The van der Waals surface area contributed by atoms with E-state index in [1.165, 1.54) is 12.1 Å². The number of nitrogens with zero attached hydrogens (tertiary/aromatic N) is 3. The van der Waals surface area contributed by atoms with Gasteiger partial charge < -0.3 is 19.7 Å². The van der Waals surface area contributed by atoms with Crippen LogP contribution < -0.4 is 14.8 Å². The van der Waals surface area contributed by atoms with Gasteiger partial charge in [0.1, 0.15) is 24.9 Å². The second-order valence-corrected chi connectivity index (χ2v) is 7.60. The summed E-state index contributed by atoms with van der Waals surface area (Å²) in [4.78, 5) is 19.0. The number of anilines is 1. The maximum Gasteiger partial charge on any atom is 0.321 e. The van der Waals surface area contributed by atoms with E-state index in [1.807, 2.05) is 6.07 Å². The molecule has 5 rings (SSSR count). The molecular weight excluding hydrogens is 401 g/mol. The van der Waals surface area contributed by atoms with Gasteiger partial charge in [-0.15, -0.1) is 0 Å². The molecule has 2 N–H and O–H groups in total. The summed E-state index contributed by atoms with van der Waals surface area (Å²) in [5.41, 5.74) is 1.44. The summed E-state index contributed by atoms with van der Waals surface area (Å²) in [6, 6.07) is 11.4. The van der Waals surface area contributed by atoms with Gasteiger partial charge in [0, 0.05) is 36.3 Å². The average molecular weight is 423 g/mol. The Morgan fingerprint density at radius 1 is 1.06 bits per heavy atom. The summed E-state index contributed by atoms with van der Waals surface area (Å²) in [6.45, 7) is 2.27. The highest BCUT2D eigenvalue weighted by Gasteiger charge is 2.26. The van der Waals surface area contributed by atoms with Crippen LogP contribution in [-0.2, 0) is 0 Å². The number of amides is 2. The molecule has 0 spiro atoms. The monoisotopic (exact) mass is 423 g/mol. The first-order valence-corrected chi connectivity index (χ1v) is 10.3. The Bertz CT molecular complexity index is 1080. The number of fused-ring (bicyclic) bond motifs is 1. The van der Waals surface area contributed by atoms with E-state index in [2.05, 4.69) is 20.5 Å². The summed E-state index contributed by atoms with van der Waals surface area (Å²) in [7, 11) is 0. The largest absolute Gasteiger partial charge is 0.486 e. The van der Waals surface area contributed by atoms with Crippen LogP contribution in [0.15, 0.2) is 42.5 Å². The Morgan fingerprint density at radius 2 is 1.81 bits per heavy atom. The third-order valence-corrected chi connectivity index (χ3v) is 5.57. The molecule has 31 heavy (non-hydrogen) atoms. The van der Waals surface area contributed by atoms with Crippen LogP contribution in [0.25, 0.3) is 11.4 Å². The SMILES string of the molecule is O=C(Nc1ccc2c(c1)OCCO2)N1CCC(c2nc(-c3ccc(F)cc3)n[nH]2)CC1. The van der Waals surface area contributed by atoms with E-state index in [-0.39, 0.29) is 17.8 Å². The lowest BCUT2D eigenvalue weighted by Crippen LogP contribution is -2.40. The molecule has 2 aliphatic rings. The van der Waals surface area contributed by atoms with Crippen molar-refractivity contribution in [1.29, 1.82) is 0 Å². The quantitative estimate of drug-likeness (QED) is 0.669. The predicted octanol–water partition coefficient (Wildman–Crippen LogP) is 3.79. The second kappa shape index (κ2) is 8.25. The number of halogens is 1. The first-order valence-electron chi connectivity index (χ1n) is 10.3. The van der Waals surface area contributed by atoms with Crippen LogP contribution in [0.5, 0.6) is 11.5 Å². The fourth-order valence-electron chi connectivity index (χ4n) is 3.86. The molecule has 3 heterocycles. The number of hydrogen-bond acceptors (Lipinski definition) is 5. The Labute approximate surface area is 178 Å². The fraction of sp³-hybridized carbons (Fsp3) is 0.318. The van der Waals surface area contributed by atoms with Crippen molar-refractivity contribution in [3.8, 4) is 22.9 Å². The molecule has 9 heteroatoms. The highest BCUT2D eigenvalue weighted by Crippen LogP contribution is 2.33. The van der Waals surface area contributed by atoms with Gasteiger partial charge in [-0.2, -0.15) is 5.10 Å². The predicted molar refractivity (Wildman–Crippen MR) is 112 cm³/mol. The van der Waals surface area contributed by atoms with Crippen LogP contribution >= 0.6 is 0 Å². The van der Waals surface area contributed by atoms with Crippen molar-refractivity contribution in [3.63, 3.8) is 0 Å². The zero-order chi connectivity index (χ0) is 21.2. The third kappa shape index (κ3) is 4.16. The second-order valence-electron chi connectivity index (χ2n) is 7.60. The smallest absolute Gasteiger partial charge is 0.321 e. The van der Waals surface area contributed by atoms with Gasteiger partial charge in [0.2, 0.25) is 0 Å². The van der Waals surface area contributed by atoms with Gasteiger partial charge in [-0.25, -0.2) is 14.2 Å². The molecule has 1 fully saturated rings. The van der Waals surface area contributed by atoms with Gasteiger partial charge in [-0.1, -0.05) is 0 Å². The van der Waals surface area contributed by atoms with Crippen molar-refractivity contribution < 1.29 is 18.7 Å². The van der Waals surface area contributed by atoms with Gasteiger partial charge in [0.05, 0.1) is 0 Å². The van der Waals surface area contributed by atoms with Crippen molar-refractivity contribution in [1.82, 2.24) is 20.1 Å². The van der Waals surface area contributed by atoms with Crippen LogP contribution in [0.1, 0.15) is 24.6 Å². The van der Waals surface area contributed by atoms with Gasteiger partial charge in [-0.05, 0) is 49.2 Å². The molecular formula is C22H22FN5O3. The average Bonchev–Trinajstić information content (AvgIpc) is 3.30. The minimum absolute atomic E-state index is 0.139. The van der Waals surface area contributed by atoms with E-state index in [0.717, 1.165) is 24.2 Å². The number of aromatic amines is 1. The molecule has 2 aromatic carbocycles. The normalized spacial score (nSPS) is 16.2. The van der Waals surface area contributed by atoms with Crippen LogP contribution in [0.2, 0.25) is 0 Å². The number of urea groups is 1. The third-order valence-electron chi connectivity index (χ3n) is 5.57. The zero-order valence-electron chi connectivity index (χ0n) is 16.8. The number of H-pyrrole nitrogens is 1.